The number of nitrogens with zero attached hydrogens (tertiary/aromatic N) is 1. The van der Waals surface area contributed by atoms with Crippen molar-refractivity contribution < 1.29 is 14.2 Å². The summed E-state index contributed by atoms with van der Waals surface area (Å²) in [5.74, 6) is 2.38. The predicted molar refractivity (Wildman–Crippen MR) is 114 cm³/mol. The van der Waals surface area contributed by atoms with E-state index in [4.69, 9.17) is 19.2 Å². The van der Waals surface area contributed by atoms with Gasteiger partial charge in [0.25, 0.3) is 0 Å². The van der Waals surface area contributed by atoms with Crippen molar-refractivity contribution in [3.63, 3.8) is 0 Å². The van der Waals surface area contributed by atoms with E-state index in [-0.39, 0.29) is 25.3 Å². The van der Waals surface area contributed by atoms with Crippen LogP contribution < -0.4 is 14.2 Å². The Morgan fingerprint density at radius 3 is 2.41 bits per heavy atom. The van der Waals surface area contributed by atoms with Gasteiger partial charge in [0.05, 0.1) is 11.2 Å². The molecule has 0 bridgehead atoms. The monoisotopic (exact) mass is 403 g/mol. The van der Waals surface area contributed by atoms with Crippen molar-refractivity contribution in [2.24, 2.45) is 0 Å². The molecule has 1 unspecified atom stereocenters. The predicted octanol–water partition coefficient (Wildman–Crippen LogP) is 5.84. The first-order chi connectivity index (χ1) is 13.8. The molecule has 0 saturated heterocycles. The van der Waals surface area contributed by atoms with E-state index in [9.17, 15) is 0 Å². The smallest absolute Gasteiger partial charge is 0.231 e. The van der Waals surface area contributed by atoms with Gasteiger partial charge in [-0.3, -0.25) is 0 Å². The Morgan fingerprint density at radius 1 is 0.862 bits per heavy atom. The third kappa shape index (κ3) is 2.64. The summed E-state index contributed by atoms with van der Waals surface area (Å²) in [5.41, 5.74) is 6.28. The highest BCUT2D eigenvalue weighted by Crippen LogP contribution is 2.47. The molecule has 1 atom stereocenters. The maximum absolute atomic E-state index is 6.47. The van der Waals surface area contributed by atoms with Crippen molar-refractivity contribution in [3.05, 3.63) is 83.4 Å². The largest absolute Gasteiger partial charge is 0.480 e. The number of benzene rings is 3. The van der Waals surface area contributed by atoms with Crippen molar-refractivity contribution >= 4 is 23.3 Å². The summed E-state index contributed by atoms with van der Waals surface area (Å²) in [4.78, 5) is 5.06. The van der Waals surface area contributed by atoms with Gasteiger partial charge in [0.15, 0.2) is 17.6 Å². The van der Waals surface area contributed by atoms with Crippen LogP contribution in [-0.4, -0.2) is 11.8 Å². The van der Waals surface area contributed by atoms with Gasteiger partial charge < -0.3 is 14.2 Å². The zero-order valence-electron chi connectivity index (χ0n) is 15.7. The number of hydrogen-bond donors (Lipinski definition) is 0. The van der Waals surface area contributed by atoms with Gasteiger partial charge in [0, 0.05) is 22.6 Å². The summed E-state index contributed by atoms with van der Waals surface area (Å²) < 4.78 is 17.6. The molecule has 0 aliphatic carbocycles. The van der Waals surface area contributed by atoms with E-state index in [0.717, 1.165) is 56.1 Å². The minimum Gasteiger partial charge on any atom is -0.480 e. The normalized spacial score (nSPS) is 15.8. The number of aromatic nitrogens is 1. The molecular weight excluding hydrogens is 386 g/mol. The molecule has 0 radical (unpaired) electrons. The second kappa shape index (κ2) is 6.68. The number of ether oxygens (including phenoxy) is 3. The van der Waals surface area contributed by atoms with Crippen LogP contribution in [0.5, 0.6) is 17.2 Å². The standard InChI is InChI=1S/C24H17NO3.ClH/c1-14-17-11-20-21(27-13-26-20)12-18(17)25-23-16-9-5-6-10-19(16)28-24(22(14)23)15-7-3-2-4-8-15;/h2-12,24H,13H2,1H3;1H. The molecule has 4 aromatic rings. The Balaban J connectivity index is 0.00000181. The quantitative estimate of drug-likeness (QED) is 0.400. The fraction of sp³-hybridized carbons (Fsp3) is 0.125. The van der Waals surface area contributed by atoms with E-state index in [1.807, 2.05) is 48.5 Å². The number of fused-ring (bicyclic) bond motifs is 5. The fourth-order valence-electron chi connectivity index (χ4n) is 4.17. The Kier molecular flexibility index (Phi) is 4.10. The summed E-state index contributed by atoms with van der Waals surface area (Å²) in [5, 5.41) is 1.06. The van der Waals surface area contributed by atoms with Gasteiger partial charge in [-0.15, -0.1) is 12.4 Å². The van der Waals surface area contributed by atoms with Gasteiger partial charge in [-0.2, -0.15) is 0 Å². The number of rotatable bonds is 1. The molecule has 144 valence electrons. The average molecular weight is 404 g/mol. The van der Waals surface area contributed by atoms with Crippen molar-refractivity contribution in [2.45, 2.75) is 13.0 Å². The van der Waals surface area contributed by atoms with Crippen molar-refractivity contribution in [1.29, 1.82) is 0 Å². The molecule has 0 N–H and O–H groups in total. The zero-order valence-corrected chi connectivity index (χ0v) is 16.5. The second-order valence-electron chi connectivity index (χ2n) is 7.13. The zero-order chi connectivity index (χ0) is 18.7. The van der Waals surface area contributed by atoms with Crippen LogP contribution in [0.2, 0.25) is 0 Å². The highest BCUT2D eigenvalue weighted by atomic mass is 35.5. The van der Waals surface area contributed by atoms with Crippen LogP contribution in [0.15, 0.2) is 66.7 Å². The van der Waals surface area contributed by atoms with Crippen LogP contribution in [0.25, 0.3) is 22.2 Å². The summed E-state index contributed by atoms with van der Waals surface area (Å²) in [7, 11) is 0. The summed E-state index contributed by atoms with van der Waals surface area (Å²) in [6.45, 7) is 2.39. The van der Waals surface area contributed by atoms with Gasteiger partial charge in [0.1, 0.15) is 5.75 Å². The van der Waals surface area contributed by atoms with Crippen molar-refractivity contribution in [1.82, 2.24) is 4.98 Å². The summed E-state index contributed by atoms with van der Waals surface area (Å²) in [6, 6.07) is 22.4. The molecule has 0 amide bonds. The van der Waals surface area contributed by atoms with Crippen LogP contribution in [0.4, 0.5) is 0 Å². The number of hydrogen-bond acceptors (Lipinski definition) is 4. The second-order valence-corrected chi connectivity index (χ2v) is 7.13. The van der Waals surface area contributed by atoms with E-state index in [1.165, 1.54) is 0 Å². The first-order valence-corrected chi connectivity index (χ1v) is 9.34. The lowest BCUT2D eigenvalue weighted by Gasteiger charge is -2.30. The number of para-hydroxylation sites is 1. The summed E-state index contributed by atoms with van der Waals surface area (Å²) in [6.07, 6.45) is -0.201. The molecular formula is C24H18ClNO3. The molecule has 3 heterocycles. The van der Waals surface area contributed by atoms with Crippen molar-refractivity contribution in [2.75, 3.05) is 6.79 Å². The van der Waals surface area contributed by atoms with Crippen molar-refractivity contribution in [3.8, 4) is 28.5 Å². The van der Waals surface area contributed by atoms with Gasteiger partial charge in [-0.05, 0) is 36.2 Å². The molecule has 29 heavy (non-hydrogen) atoms. The topological polar surface area (TPSA) is 40.6 Å². The maximum atomic E-state index is 6.47. The molecule has 0 fully saturated rings. The molecule has 1 aromatic heterocycles. The SMILES string of the molecule is Cc1c2c(nc3cc4c(cc13)OCO4)-c1ccccc1OC2c1ccccc1.Cl. The Morgan fingerprint density at radius 2 is 1.59 bits per heavy atom. The average Bonchev–Trinajstić information content (AvgIpc) is 3.20. The highest BCUT2D eigenvalue weighted by molar-refractivity contribution is 5.91. The lowest BCUT2D eigenvalue weighted by molar-refractivity contribution is 0.174. The summed E-state index contributed by atoms with van der Waals surface area (Å²) >= 11 is 0. The van der Waals surface area contributed by atoms with Gasteiger partial charge in [-0.25, -0.2) is 4.98 Å². The van der Waals surface area contributed by atoms with Crippen LogP contribution >= 0.6 is 12.4 Å². The third-order valence-corrected chi connectivity index (χ3v) is 5.54. The Labute approximate surface area is 174 Å². The molecule has 4 nitrogen and oxygen atoms in total. The van der Waals surface area contributed by atoms with Crippen LogP contribution in [0, 0.1) is 6.92 Å². The van der Waals surface area contributed by atoms with E-state index in [1.54, 1.807) is 0 Å². The molecule has 0 saturated carbocycles. The van der Waals surface area contributed by atoms with E-state index in [2.05, 4.69) is 25.1 Å². The van der Waals surface area contributed by atoms with Gasteiger partial charge in [-0.1, -0.05) is 42.5 Å². The fourth-order valence-corrected chi connectivity index (χ4v) is 4.17. The van der Waals surface area contributed by atoms with Crippen LogP contribution in [0.1, 0.15) is 22.8 Å². The number of halogens is 1. The lowest BCUT2D eigenvalue weighted by atomic mass is 9.88. The minimum absolute atomic E-state index is 0. The maximum Gasteiger partial charge on any atom is 0.231 e. The Hall–Kier alpha value is -3.24. The highest BCUT2D eigenvalue weighted by Gasteiger charge is 2.31. The number of pyridine rings is 1. The molecule has 3 aromatic carbocycles. The first kappa shape index (κ1) is 17.8. The lowest BCUT2D eigenvalue weighted by Crippen LogP contribution is -2.18. The number of aryl methyl sites for hydroxylation is 1. The Bertz CT molecular complexity index is 1240. The first-order valence-electron chi connectivity index (χ1n) is 9.34. The van der Waals surface area contributed by atoms with E-state index < -0.39 is 0 Å². The molecule has 5 heteroatoms. The van der Waals surface area contributed by atoms with Crippen LogP contribution in [-0.2, 0) is 0 Å². The van der Waals surface area contributed by atoms with E-state index >= 15 is 0 Å². The van der Waals surface area contributed by atoms with E-state index in [0.29, 0.717) is 0 Å². The van der Waals surface area contributed by atoms with Crippen LogP contribution in [0.3, 0.4) is 0 Å². The third-order valence-electron chi connectivity index (χ3n) is 5.54. The van der Waals surface area contributed by atoms with Gasteiger partial charge in [0.2, 0.25) is 6.79 Å². The van der Waals surface area contributed by atoms with Gasteiger partial charge >= 0.3 is 0 Å². The molecule has 6 rings (SSSR count). The molecule has 2 aliphatic heterocycles. The molecule has 2 aliphatic rings. The minimum atomic E-state index is -0.201. The molecule has 0 spiro atoms.